The monoisotopic (exact) mass is 266 g/mol. The van der Waals surface area contributed by atoms with Crippen LogP contribution in [-0.4, -0.2) is 11.7 Å². The third-order valence-corrected chi connectivity index (χ3v) is 2.63. The van der Waals surface area contributed by atoms with Gasteiger partial charge < -0.3 is 5.11 Å². The predicted molar refractivity (Wildman–Crippen MR) is 88.5 cm³/mol. The number of aliphatic hydroxyl groups excluding tert-OH is 1. The summed E-state index contributed by atoms with van der Waals surface area (Å²) in [5, 5.41) is 8.50. The quantitative estimate of drug-likeness (QED) is 0.390. The molecule has 0 aromatic rings. The lowest BCUT2D eigenvalue weighted by Gasteiger charge is -1.90. The molecule has 0 saturated heterocycles. The first-order valence-corrected chi connectivity index (χ1v) is 7.81. The van der Waals surface area contributed by atoms with Gasteiger partial charge in [-0.1, -0.05) is 56.2 Å². The van der Waals surface area contributed by atoms with Crippen LogP contribution in [0, 0.1) is 0 Å². The number of hydrogen-bond donors (Lipinski definition) is 1. The average Bonchev–Trinajstić information content (AvgIpc) is 2.43. The Labute approximate surface area is 121 Å². The van der Waals surface area contributed by atoms with E-state index in [2.05, 4.69) is 57.2 Å². The summed E-state index contributed by atoms with van der Waals surface area (Å²) in [5.74, 6) is 0. The van der Waals surface area contributed by atoms with E-state index in [1.165, 1.54) is 32.1 Å². The van der Waals surface area contributed by atoms with Gasteiger partial charge in [0.1, 0.15) is 0 Å². The highest BCUT2D eigenvalue weighted by Gasteiger charge is 1.81. The highest BCUT2D eigenvalue weighted by atomic mass is 16.2. The zero-order valence-electron chi connectivity index (χ0n) is 13.3. The van der Waals surface area contributed by atoms with Crippen molar-refractivity contribution in [2.24, 2.45) is 0 Å². The molecule has 0 saturated carbocycles. The van der Waals surface area contributed by atoms with Gasteiger partial charge in [-0.2, -0.15) is 0 Å². The molecule has 0 aromatic heterocycles. The smallest absolute Gasteiger partial charge is 0.0433 e. The van der Waals surface area contributed by atoms with Crippen LogP contribution < -0.4 is 0 Å². The lowest BCUT2D eigenvalue weighted by Crippen LogP contribution is -1.78. The van der Waals surface area contributed by atoms with Crippen LogP contribution in [0.1, 0.15) is 72.1 Å². The van der Waals surface area contributed by atoms with Gasteiger partial charge in [-0.05, 0) is 52.4 Å². The Morgan fingerprint density at radius 2 is 1.16 bits per heavy atom. The fourth-order valence-corrected chi connectivity index (χ4v) is 1.45. The van der Waals surface area contributed by atoms with E-state index in [0.717, 1.165) is 19.3 Å². The summed E-state index contributed by atoms with van der Waals surface area (Å²) < 4.78 is 0. The van der Waals surface area contributed by atoms with Crippen LogP contribution in [0.5, 0.6) is 0 Å². The topological polar surface area (TPSA) is 20.2 Å². The van der Waals surface area contributed by atoms with Gasteiger partial charge in [-0.25, -0.2) is 0 Å². The predicted octanol–water partition coefficient (Wildman–Crippen LogP) is 5.81. The first-order valence-electron chi connectivity index (χ1n) is 7.81. The Kier molecular flexibility index (Phi) is 24.1. The molecule has 1 heteroatoms. The SMILES string of the molecule is C/C=C\CCC/C=C\CCCO.C/C=C\CCCC. The zero-order valence-corrected chi connectivity index (χ0v) is 13.3. The minimum absolute atomic E-state index is 0.308. The Hall–Kier alpha value is -0.820. The third-order valence-electron chi connectivity index (χ3n) is 2.63. The summed E-state index contributed by atoms with van der Waals surface area (Å²) in [7, 11) is 0. The number of unbranched alkanes of at least 4 members (excludes halogenated alkanes) is 5. The van der Waals surface area contributed by atoms with Crippen molar-refractivity contribution in [3.8, 4) is 0 Å². The summed E-state index contributed by atoms with van der Waals surface area (Å²) in [5.41, 5.74) is 0. The molecule has 0 spiro atoms. The Morgan fingerprint density at radius 3 is 1.63 bits per heavy atom. The Morgan fingerprint density at radius 1 is 0.684 bits per heavy atom. The molecule has 1 nitrogen and oxygen atoms in total. The first-order chi connectivity index (χ1) is 9.33. The molecule has 0 heterocycles. The molecule has 112 valence electrons. The maximum Gasteiger partial charge on any atom is 0.0433 e. The van der Waals surface area contributed by atoms with Crippen LogP contribution in [0.2, 0.25) is 0 Å². The van der Waals surface area contributed by atoms with Crippen molar-refractivity contribution in [3.63, 3.8) is 0 Å². The lowest BCUT2D eigenvalue weighted by molar-refractivity contribution is 0.289. The van der Waals surface area contributed by atoms with Crippen molar-refractivity contribution in [2.75, 3.05) is 6.61 Å². The van der Waals surface area contributed by atoms with Crippen molar-refractivity contribution in [1.29, 1.82) is 0 Å². The molecular weight excluding hydrogens is 232 g/mol. The number of allylic oxidation sites excluding steroid dienone is 6. The van der Waals surface area contributed by atoms with Crippen LogP contribution in [0.4, 0.5) is 0 Å². The van der Waals surface area contributed by atoms with E-state index in [0.29, 0.717) is 6.61 Å². The maximum absolute atomic E-state index is 8.50. The standard InChI is InChI=1S/C11H20O.C7H14/c1-2-3-4-5-6-7-8-9-10-11-12;1-3-5-7-6-4-2/h2-3,7-8,12H,4-6,9-11H2,1H3;3,5H,4,6-7H2,1-2H3/b3-2-,8-7-;5-3-. The summed E-state index contributed by atoms with van der Waals surface area (Å²) >= 11 is 0. The fourth-order valence-electron chi connectivity index (χ4n) is 1.45. The van der Waals surface area contributed by atoms with Crippen LogP contribution in [0.25, 0.3) is 0 Å². The van der Waals surface area contributed by atoms with Gasteiger partial charge in [0.25, 0.3) is 0 Å². The van der Waals surface area contributed by atoms with Crippen molar-refractivity contribution < 1.29 is 5.11 Å². The summed E-state index contributed by atoms with van der Waals surface area (Å²) in [6, 6.07) is 0. The summed E-state index contributed by atoms with van der Waals surface area (Å²) in [6.45, 7) is 6.64. The molecule has 0 rings (SSSR count). The van der Waals surface area contributed by atoms with E-state index in [4.69, 9.17) is 5.11 Å². The van der Waals surface area contributed by atoms with Crippen LogP contribution in [-0.2, 0) is 0 Å². The van der Waals surface area contributed by atoms with Gasteiger partial charge in [-0.3, -0.25) is 0 Å². The van der Waals surface area contributed by atoms with Crippen LogP contribution in [0.3, 0.4) is 0 Å². The molecule has 0 aromatic carbocycles. The number of rotatable bonds is 10. The zero-order chi connectivity index (χ0) is 14.6. The van der Waals surface area contributed by atoms with E-state index >= 15 is 0 Å². The van der Waals surface area contributed by atoms with Crippen molar-refractivity contribution >= 4 is 0 Å². The lowest BCUT2D eigenvalue weighted by atomic mass is 10.2. The molecule has 0 amide bonds. The van der Waals surface area contributed by atoms with E-state index < -0.39 is 0 Å². The summed E-state index contributed by atoms with van der Waals surface area (Å²) in [6.07, 6.45) is 22.4. The van der Waals surface area contributed by atoms with E-state index in [9.17, 15) is 0 Å². The minimum Gasteiger partial charge on any atom is -0.396 e. The van der Waals surface area contributed by atoms with Crippen LogP contribution in [0.15, 0.2) is 36.5 Å². The fraction of sp³-hybridized carbons (Fsp3) is 0.667. The van der Waals surface area contributed by atoms with Crippen molar-refractivity contribution in [2.45, 2.75) is 72.1 Å². The normalized spacial score (nSPS) is 11.4. The van der Waals surface area contributed by atoms with E-state index in [1.807, 2.05) is 0 Å². The Bertz CT molecular complexity index is 214. The second kappa shape index (κ2) is 22.4. The van der Waals surface area contributed by atoms with Crippen molar-refractivity contribution in [3.05, 3.63) is 36.5 Å². The molecule has 19 heavy (non-hydrogen) atoms. The average molecular weight is 266 g/mol. The van der Waals surface area contributed by atoms with Gasteiger partial charge in [0.05, 0.1) is 0 Å². The van der Waals surface area contributed by atoms with E-state index in [-0.39, 0.29) is 0 Å². The molecule has 0 bridgehead atoms. The van der Waals surface area contributed by atoms with Gasteiger partial charge in [0.2, 0.25) is 0 Å². The Balaban J connectivity index is 0. The largest absolute Gasteiger partial charge is 0.396 e. The molecule has 0 fully saturated rings. The van der Waals surface area contributed by atoms with Gasteiger partial charge in [-0.15, -0.1) is 0 Å². The van der Waals surface area contributed by atoms with E-state index in [1.54, 1.807) is 0 Å². The van der Waals surface area contributed by atoms with Gasteiger partial charge in [0.15, 0.2) is 0 Å². The number of hydrogen-bond acceptors (Lipinski definition) is 1. The highest BCUT2D eigenvalue weighted by molar-refractivity contribution is 4.83. The molecule has 0 aliphatic heterocycles. The van der Waals surface area contributed by atoms with Gasteiger partial charge in [0, 0.05) is 6.61 Å². The van der Waals surface area contributed by atoms with Crippen LogP contribution >= 0.6 is 0 Å². The van der Waals surface area contributed by atoms with Gasteiger partial charge >= 0.3 is 0 Å². The minimum atomic E-state index is 0.308. The maximum atomic E-state index is 8.50. The first kappa shape index (κ1) is 20.5. The second-order valence-electron chi connectivity index (χ2n) is 4.55. The second-order valence-corrected chi connectivity index (χ2v) is 4.55. The molecule has 0 aliphatic rings. The molecular formula is C18H34O. The molecule has 1 N–H and O–H groups in total. The summed E-state index contributed by atoms with van der Waals surface area (Å²) in [4.78, 5) is 0. The molecule has 0 unspecified atom stereocenters. The highest BCUT2D eigenvalue weighted by Crippen LogP contribution is 1.99. The molecule has 0 atom stereocenters. The van der Waals surface area contributed by atoms with Crippen molar-refractivity contribution in [1.82, 2.24) is 0 Å². The molecule has 0 radical (unpaired) electrons. The number of aliphatic hydroxyl groups is 1. The third kappa shape index (κ3) is 26.7. The molecule has 0 aliphatic carbocycles.